The van der Waals surface area contributed by atoms with E-state index in [2.05, 4.69) is 4.98 Å². The molecule has 0 saturated heterocycles. The van der Waals surface area contributed by atoms with Crippen molar-refractivity contribution in [2.75, 3.05) is 7.11 Å². The molecule has 8 heteroatoms. The number of nitrogens with zero attached hydrogens (tertiary/aromatic N) is 1. The topological polar surface area (TPSA) is 109 Å². The van der Waals surface area contributed by atoms with Crippen molar-refractivity contribution < 1.29 is 13.9 Å². The Balaban J connectivity index is 2.36. The highest BCUT2D eigenvalue weighted by Crippen LogP contribution is 2.47. The smallest absolute Gasteiger partial charge is 0.266 e. The second-order valence-corrected chi connectivity index (χ2v) is 9.07. The number of nitrogens with two attached hydrogens (primary N) is 1. The van der Waals surface area contributed by atoms with Crippen molar-refractivity contribution in [3.05, 3.63) is 64.3 Å². The average molecular weight is 414 g/mol. The van der Waals surface area contributed by atoms with E-state index < -0.39 is 13.3 Å². The van der Waals surface area contributed by atoms with Gasteiger partial charge in [-0.2, -0.15) is 5.26 Å². The van der Waals surface area contributed by atoms with Crippen molar-refractivity contribution in [2.24, 2.45) is 5.73 Å². The molecule has 1 amide bonds. The number of allylic oxidation sites excluding steroid dienone is 1. The Morgan fingerprint density at radius 1 is 1.32 bits per heavy atom. The van der Waals surface area contributed by atoms with E-state index >= 15 is 0 Å². The zero-order chi connectivity index (χ0) is 20.5. The number of aryl methyl sites for hydroxylation is 1. The number of nitrogens with one attached hydrogen (secondary N) is 1. The maximum atomic E-state index is 14.1. The molecule has 0 radical (unpaired) electrons. The number of carbonyl (C=O) groups excluding carboxylic acids is 1. The molecule has 2 aromatic carbocycles. The van der Waals surface area contributed by atoms with Crippen LogP contribution in [-0.4, -0.2) is 18.0 Å². The fourth-order valence-corrected chi connectivity index (χ4v) is 5.63. The average Bonchev–Trinajstić information content (AvgIpc) is 3.04. The molecule has 1 aromatic heterocycles. The third-order valence-electron chi connectivity index (χ3n) is 4.31. The number of amides is 1. The van der Waals surface area contributed by atoms with E-state index in [1.54, 1.807) is 36.4 Å². The molecule has 0 aliphatic carbocycles. The van der Waals surface area contributed by atoms with Gasteiger partial charge in [-0.15, -0.1) is 0 Å². The summed E-state index contributed by atoms with van der Waals surface area (Å²) in [7, 11) is -2.39. The maximum Gasteiger partial charge on any atom is 0.266 e. The first kappa shape index (κ1) is 19.9. The van der Waals surface area contributed by atoms with Gasteiger partial charge in [0.05, 0.1) is 11.4 Å². The summed E-state index contributed by atoms with van der Waals surface area (Å²) in [4.78, 5) is 15.0. The number of H-pyrrole nitrogens is 1. The number of nitriles is 1. The van der Waals surface area contributed by atoms with Crippen LogP contribution in [0.15, 0.2) is 42.5 Å². The molecule has 1 atom stereocenters. The van der Waals surface area contributed by atoms with E-state index in [1.807, 2.05) is 19.1 Å². The monoisotopic (exact) mass is 413 g/mol. The molecule has 0 aliphatic rings. The fourth-order valence-electron chi connectivity index (χ4n) is 3.15. The van der Waals surface area contributed by atoms with Gasteiger partial charge in [-0.3, -0.25) is 9.36 Å². The number of hydrogen-bond donors (Lipinski definition) is 2. The lowest BCUT2D eigenvalue weighted by molar-refractivity contribution is 0.0997. The van der Waals surface area contributed by atoms with Gasteiger partial charge in [0.25, 0.3) is 13.3 Å². The van der Waals surface area contributed by atoms with Crippen LogP contribution in [0.1, 0.15) is 21.6 Å². The van der Waals surface area contributed by atoms with E-state index in [0.29, 0.717) is 26.8 Å². The SMILES string of the molecule is CO[P@](=O)(c1cc(C)cc(/C=C/C#N)c1)c1c(C(N)=O)[nH]c2ccc(Cl)cc12. The van der Waals surface area contributed by atoms with Crippen LogP contribution < -0.4 is 16.3 Å². The van der Waals surface area contributed by atoms with Crippen LogP contribution in [0.4, 0.5) is 0 Å². The number of aromatic nitrogens is 1. The molecule has 3 N–H and O–H groups in total. The second-order valence-electron chi connectivity index (χ2n) is 6.20. The summed E-state index contributed by atoms with van der Waals surface area (Å²) >= 11 is 6.13. The van der Waals surface area contributed by atoms with Gasteiger partial charge < -0.3 is 15.2 Å². The van der Waals surface area contributed by atoms with Crippen LogP contribution in [0, 0.1) is 18.3 Å². The van der Waals surface area contributed by atoms with Crippen LogP contribution in [0.5, 0.6) is 0 Å². The molecule has 0 spiro atoms. The third kappa shape index (κ3) is 3.48. The summed E-state index contributed by atoms with van der Waals surface area (Å²) in [6.07, 6.45) is 2.94. The number of fused-ring (bicyclic) bond motifs is 1. The van der Waals surface area contributed by atoms with Crippen molar-refractivity contribution in [1.29, 1.82) is 5.26 Å². The Morgan fingerprint density at radius 3 is 2.71 bits per heavy atom. The van der Waals surface area contributed by atoms with Gasteiger partial charge >= 0.3 is 0 Å². The predicted octanol–water partition coefficient (Wildman–Crippen LogP) is 3.64. The largest absolute Gasteiger partial charge is 0.364 e. The summed E-state index contributed by atoms with van der Waals surface area (Å²) in [5.74, 6) is -0.753. The zero-order valence-electron chi connectivity index (χ0n) is 15.2. The van der Waals surface area contributed by atoms with Crippen molar-refractivity contribution in [1.82, 2.24) is 4.98 Å². The number of aromatic amines is 1. The predicted molar refractivity (Wildman–Crippen MR) is 112 cm³/mol. The van der Waals surface area contributed by atoms with E-state index in [1.165, 1.54) is 13.2 Å². The first-order valence-corrected chi connectivity index (χ1v) is 10.3. The Bertz CT molecular complexity index is 1210. The molecular formula is C20H17ClN3O3P. The quantitative estimate of drug-likeness (QED) is 0.491. The van der Waals surface area contributed by atoms with E-state index in [9.17, 15) is 9.36 Å². The van der Waals surface area contributed by atoms with Crippen LogP contribution in [0.3, 0.4) is 0 Å². The first-order valence-electron chi connectivity index (χ1n) is 8.26. The second kappa shape index (κ2) is 7.65. The minimum atomic E-state index is -3.71. The Hall–Kier alpha value is -2.84. The lowest BCUT2D eigenvalue weighted by atomic mass is 10.1. The summed E-state index contributed by atoms with van der Waals surface area (Å²) < 4.78 is 19.6. The van der Waals surface area contributed by atoms with E-state index in [4.69, 9.17) is 27.1 Å². The number of carbonyl (C=O) groups is 1. The molecule has 0 fully saturated rings. The molecule has 6 nitrogen and oxygen atoms in total. The van der Waals surface area contributed by atoms with Gasteiger partial charge in [0.15, 0.2) is 0 Å². The van der Waals surface area contributed by atoms with Crippen molar-refractivity contribution >= 4 is 52.5 Å². The van der Waals surface area contributed by atoms with E-state index in [-0.39, 0.29) is 11.0 Å². The standard InChI is InChI=1S/C20H17ClN3O3P/c1-12-8-13(4-3-7-22)10-15(9-12)28(26,27-2)19-16-11-14(21)5-6-17(16)24-18(19)20(23)25/h3-6,8-11,24H,1-2H3,(H2,23,25)/b4-3+/t28-/m1/s1. The van der Waals surface area contributed by atoms with Crippen molar-refractivity contribution in [3.8, 4) is 6.07 Å². The van der Waals surface area contributed by atoms with Crippen LogP contribution in [0.2, 0.25) is 5.02 Å². The summed E-state index contributed by atoms with van der Waals surface area (Å²) in [6.45, 7) is 1.84. The van der Waals surface area contributed by atoms with Crippen LogP contribution >= 0.6 is 19.0 Å². The minimum Gasteiger partial charge on any atom is -0.364 e. The molecule has 0 unspecified atom stereocenters. The van der Waals surface area contributed by atoms with Crippen LogP contribution in [-0.2, 0) is 9.09 Å². The highest BCUT2D eigenvalue weighted by Gasteiger charge is 2.35. The summed E-state index contributed by atoms with van der Waals surface area (Å²) in [6, 6.07) is 12.1. The Labute approximate surface area is 167 Å². The van der Waals surface area contributed by atoms with Gasteiger partial charge in [0, 0.05) is 34.4 Å². The molecule has 3 aromatic rings. The number of hydrogen-bond acceptors (Lipinski definition) is 4. The fraction of sp³-hybridized carbons (Fsp3) is 0.100. The number of halogens is 1. The summed E-state index contributed by atoms with van der Waals surface area (Å²) in [5.41, 5.74) is 7.64. The number of benzene rings is 2. The molecule has 28 heavy (non-hydrogen) atoms. The lowest BCUT2D eigenvalue weighted by Crippen LogP contribution is -2.26. The van der Waals surface area contributed by atoms with Crippen LogP contribution in [0.25, 0.3) is 17.0 Å². The van der Waals surface area contributed by atoms with Gasteiger partial charge in [-0.25, -0.2) is 0 Å². The highest BCUT2D eigenvalue weighted by atomic mass is 35.5. The minimum absolute atomic E-state index is 0.0121. The van der Waals surface area contributed by atoms with E-state index in [0.717, 1.165) is 5.56 Å². The van der Waals surface area contributed by atoms with Gasteiger partial charge in [-0.05, 0) is 54.5 Å². The molecule has 1 heterocycles. The summed E-state index contributed by atoms with van der Waals surface area (Å²) in [5, 5.41) is 10.3. The molecule has 3 rings (SSSR count). The maximum absolute atomic E-state index is 14.1. The molecule has 0 aliphatic heterocycles. The Kier molecular flexibility index (Phi) is 5.44. The zero-order valence-corrected chi connectivity index (χ0v) is 16.8. The van der Waals surface area contributed by atoms with Gasteiger partial charge in [-0.1, -0.05) is 17.7 Å². The molecular weight excluding hydrogens is 397 g/mol. The normalized spacial score (nSPS) is 13.5. The van der Waals surface area contributed by atoms with Crippen molar-refractivity contribution in [2.45, 2.75) is 6.92 Å². The number of primary amides is 1. The molecule has 0 bridgehead atoms. The molecule has 142 valence electrons. The lowest BCUT2D eigenvalue weighted by Gasteiger charge is -2.19. The first-order chi connectivity index (χ1) is 13.3. The van der Waals surface area contributed by atoms with Gasteiger partial charge in [0.2, 0.25) is 0 Å². The third-order valence-corrected chi connectivity index (χ3v) is 7.05. The van der Waals surface area contributed by atoms with Gasteiger partial charge in [0.1, 0.15) is 5.69 Å². The highest BCUT2D eigenvalue weighted by molar-refractivity contribution is 7.75. The molecule has 0 saturated carbocycles. The van der Waals surface area contributed by atoms with Crippen molar-refractivity contribution in [3.63, 3.8) is 0 Å². The Morgan fingerprint density at radius 2 is 2.07 bits per heavy atom. The number of rotatable bonds is 5.